The van der Waals surface area contributed by atoms with Crippen molar-refractivity contribution in [3.63, 3.8) is 0 Å². The topological polar surface area (TPSA) is 76.8 Å². The van der Waals surface area contributed by atoms with E-state index in [1.165, 1.54) is 0 Å². The van der Waals surface area contributed by atoms with Crippen molar-refractivity contribution in [3.8, 4) is 0 Å². The SMILES string of the molecule is CC(C)n1nccc1NC(=O)NCCSc1nccn1C. The maximum absolute atomic E-state index is 11.8. The fourth-order valence-electron chi connectivity index (χ4n) is 1.78. The predicted octanol–water partition coefficient (Wildman–Crippen LogP) is 2.11. The Morgan fingerprint density at radius 2 is 2.24 bits per heavy atom. The standard InChI is InChI=1S/C13H20N6OS/c1-10(2)19-11(4-5-16-19)17-12(20)14-7-9-21-13-15-6-8-18(13)3/h4-6,8,10H,7,9H2,1-3H3,(H2,14,17,20). The van der Waals surface area contributed by atoms with E-state index in [0.717, 1.165) is 10.9 Å². The summed E-state index contributed by atoms with van der Waals surface area (Å²) in [7, 11) is 1.95. The van der Waals surface area contributed by atoms with Crippen LogP contribution >= 0.6 is 11.8 Å². The van der Waals surface area contributed by atoms with Crippen molar-refractivity contribution < 1.29 is 4.79 Å². The normalized spacial score (nSPS) is 10.9. The zero-order valence-electron chi connectivity index (χ0n) is 12.4. The van der Waals surface area contributed by atoms with Crippen LogP contribution < -0.4 is 10.6 Å². The molecule has 2 aromatic rings. The molecule has 0 aliphatic carbocycles. The highest BCUT2D eigenvalue weighted by Gasteiger charge is 2.09. The van der Waals surface area contributed by atoms with Crippen molar-refractivity contribution >= 4 is 23.6 Å². The summed E-state index contributed by atoms with van der Waals surface area (Å²) in [6.45, 7) is 4.60. The first-order valence-electron chi connectivity index (χ1n) is 6.76. The third-order valence-electron chi connectivity index (χ3n) is 2.80. The number of aromatic nitrogens is 4. The van der Waals surface area contributed by atoms with Crippen LogP contribution in [-0.2, 0) is 7.05 Å². The minimum Gasteiger partial charge on any atom is -0.337 e. The summed E-state index contributed by atoms with van der Waals surface area (Å²) < 4.78 is 3.72. The molecule has 0 aromatic carbocycles. The summed E-state index contributed by atoms with van der Waals surface area (Å²) in [6, 6.07) is 1.76. The van der Waals surface area contributed by atoms with Crippen LogP contribution in [0.4, 0.5) is 10.6 Å². The largest absolute Gasteiger partial charge is 0.337 e. The summed E-state index contributed by atoms with van der Waals surface area (Å²) in [6.07, 6.45) is 5.33. The number of aryl methyl sites for hydroxylation is 1. The van der Waals surface area contributed by atoms with Gasteiger partial charge in [0.2, 0.25) is 0 Å². The van der Waals surface area contributed by atoms with Crippen LogP contribution in [0.15, 0.2) is 29.8 Å². The average Bonchev–Trinajstić information content (AvgIpc) is 3.04. The molecule has 21 heavy (non-hydrogen) atoms. The molecule has 0 bridgehead atoms. The highest BCUT2D eigenvalue weighted by Crippen LogP contribution is 2.14. The lowest BCUT2D eigenvalue weighted by molar-refractivity contribution is 0.252. The van der Waals surface area contributed by atoms with Gasteiger partial charge in [-0.05, 0) is 13.8 Å². The van der Waals surface area contributed by atoms with Crippen molar-refractivity contribution in [1.29, 1.82) is 0 Å². The zero-order chi connectivity index (χ0) is 15.2. The van der Waals surface area contributed by atoms with Crippen LogP contribution in [0.2, 0.25) is 0 Å². The molecule has 0 aliphatic heterocycles. The van der Waals surface area contributed by atoms with Gasteiger partial charge in [-0.15, -0.1) is 0 Å². The van der Waals surface area contributed by atoms with Crippen molar-refractivity contribution in [2.75, 3.05) is 17.6 Å². The number of hydrogen-bond donors (Lipinski definition) is 2. The lowest BCUT2D eigenvalue weighted by Gasteiger charge is -2.12. The third-order valence-corrected chi connectivity index (χ3v) is 3.86. The molecule has 2 amide bonds. The Morgan fingerprint density at radius 3 is 2.90 bits per heavy atom. The van der Waals surface area contributed by atoms with Crippen LogP contribution in [-0.4, -0.2) is 37.7 Å². The molecule has 0 aliphatic rings. The van der Waals surface area contributed by atoms with E-state index in [0.29, 0.717) is 12.4 Å². The molecule has 2 N–H and O–H groups in total. The van der Waals surface area contributed by atoms with Crippen molar-refractivity contribution in [2.45, 2.75) is 25.0 Å². The minimum absolute atomic E-state index is 0.203. The molecular formula is C13H20N6OS. The number of rotatable bonds is 6. The smallest absolute Gasteiger partial charge is 0.320 e. The van der Waals surface area contributed by atoms with Crippen molar-refractivity contribution in [1.82, 2.24) is 24.6 Å². The van der Waals surface area contributed by atoms with Gasteiger partial charge >= 0.3 is 6.03 Å². The molecule has 7 nitrogen and oxygen atoms in total. The average molecular weight is 308 g/mol. The zero-order valence-corrected chi connectivity index (χ0v) is 13.2. The molecule has 2 aromatic heterocycles. The first-order valence-corrected chi connectivity index (χ1v) is 7.75. The van der Waals surface area contributed by atoms with Crippen LogP contribution in [0.5, 0.6) is 0 Å². The van der Waals surface area contributed by atoms with Gasteiger partial charge in [-0.25, -0.2) is 14.5 Å². The van der Waals surface area contributed by atoms with Gasteiger partial charge in [0.05, 0.1) is 6.20 Å². The number of hydrogen-bond acceptors (Lipinski definition) is 4. The highest BCUT2D eigenvalue weighted by molar-refractivity contribution is 7.99. The molecule has 0 saturated heterocycles. The number of nitrogens with one attached hydrogen (secondary N) is 2. The summed E-state index contributed by atoms with van der Waals surface area (Å²) in [4.78, 5) is 16.0. The number of amides is 2. The molecule has 2 heterocycles. The van der Waals surface area contributed by atoms with E-state index in [1.54, 1.807) is 34.9 Å². The second-order valence-corrected chi connectivity index (χ2v) is 5.87. The summed E-state index contributed by atoms with van der Waals surface area (Å²) in [5.74, 6) is 1.46. The van der Waals surface area contributed by atoms with Crippen LogP contribution in [0.3, 0.4) is 0 Å². The van der Waals surface area contributed by atoms with Gasteiger partial charge < -0.3 is 9.88 Å². The molecule has 2 rings (SSSR count). The van der Waals surface area contributed by atoms with E-state index in [2.05, 4.69) is 20.7 Å². The van der Waals surface area contributed by atoms with Gasteiger partial charge in [0, 0.05) is 43.8 Å². The van der Waals surface area contributed by atoms with E-state index in [-0.39, 0.29) is 12.1 Å². The van der Waals surface area contributed by atoms with Gasteiger partial charge in [0.15, 0.2) is 5.16 Å². The summed E-state index contributed by atoms with van der Waals surface area (Å²) >= 11 is 1.60. The number of carbonyl (C=O) groups is 1. The van der Waals surface area contributed by atoms with E-state index in [1.807, 2.05) is 31.7 Å². The quantitative estimate of drug-likeness (QED) is 0.633. The minimum atomic E-state index is -0.224. The Hall–Kier alpha value is -1.96. The van der Waals surface area contributed by atoms with Crippen molar-refractivity contribution in [3.05, 3.63) is 24.7 Å². The highest BCUT2D eigenvalue weighted by atomic mass is 32.2. The molecule has 0 radical (unpaired) electrons. The third kappa shape index (κ3) is 4.25. The molecule has 8 heteroatoms. The number of urea groups is 1. The Kier molecular flexibility index (Phi) is 5.26. The molecule has 0 unspecified atom stereocenters. The molecular weight excluding hydrogens is 288 g/mol. The first-order chi connectivity index (χ1) is 10.1. The number of thioether (sulfide) groups is 1. The lowest BCUT2D eigenvalue weighted by atomic mass is 10.4. The molecule has 0 saturated carbocycles. The van der Waals surface area contributed by atoms with Gasteiger partial charge in [-0.3, -0.25) is 5.32 Å². The first kappa shape index (κ1) is 15.4. The molecule has 0 fully saturated rings. The number of carbonyl (C=O) groups excluding carboxylic acids is 1. The fourth-order valence-corrected chi connectivity index (χ4v) is 2.57. The number of anilines is 1. The van der Waals surface area contributed by atoms with Gasteiger partial charge in [-0.2, -0.15) is 5.10 Å². The fraction of sp³-hybridized carbons (Fsp3) is 0.462. The maximum Gasteiger partial charge on any atom is 0.320 e. The second kappa shape index (κ2) is 7.16. The van der Waals surface area contributed by atoms with Gasteiger partial charge in [0.1, 0.15) is 5.82 Å². The maximum atomic E-state index is 11.8. The van der Waals surface area contributed by atoms with Crippen LogP contribution in [0.1, 0.15) is 19.9 Å². The molecule has 0 spiro atoms. The summed E-state index contributed by atoms with van der Waals surface area (Å²) in [5, 5.41) is 10.7. The van der Waals surface area contributed by atoms with E-state index in [4.69, 9.17) is 0 Å². The van der Waals surface area contributed by atoms with E-state index in [9.17, 15) is 4.79 Å². The van der Waals surface area contributed by atoms with Gasteiger partial charge in [-0.1, -0.05) is 11.8 Å². The lowest BCUT2D eigenvalue weighted by Crippen LogP contribution is -2.31. The Morgan fingerprint density at radius 1 is 1.43 bits per heavy atom. The predicted molar refractivity (Wildman–Crippen MR) is 83.6 cm³/mol. The van der Waals surface area contributed by atoms with E-state index < -0.39 is 0 Å². The Bertz CT molecular complexity index is 591. The monoisotopic (exact) mass is 308 g/mol. The number of imidazole rings is 1. The van der Waals surface area contributed by atoms with Gasteiger partial charge in [0.25, 0.3) is 0 Å². The number of nitrogens with zero attached hydrogens (tertiary/aromatic N) is 4. The van der Waals surface area contributed by atoms with E-state index >= 15 is 0 Å². The van der Waals surface area contributed by atoms with Crippen LogP contribution in [0, 0.1) is 0 Å². The second-order valence-electron chi connectivity index (χ2n) is 4.80. The molecule has 114 valence electrons. The van der Waals surface area contributed by atoms with Crippen molar-refractivity contribution in [2.24, 2.45) is 7.05 Å². The van der Waals surface area contributed by atoms with Crippen LogP contribution in [0.25, 0.3) is 0 Å². The summed E-state index contributed by atoms with van der Waals surface area (Å²) in [5.41, 5.74) is 0. The Labute approximate surface area is 128 Å². The Balaban J connectivity index is 1.72. The molecule has 0 atom stereocenters.